The van der Waals surface area contributed by atoms with E-state index in [0.29, 0.717) is 18.5 Å². The van der Waals surface area contributed by atoms with E-state index >= 15 is 0 Å². The van der Waals surface area contributed by atoms with Crippen molar-refractivity contribution in [3.63, 3.8) is 0 Å². The lowest BCUT2D eigenvalue weighted by Gasteiger charge is -2.29. The first-order valence-corrected chi connectivity index (χ1v) is 8.79. The Labute approximate surface area is 151 Å². The molecule has 1 aliphatic carbocycles. The predicted octanol–water partition coefficient (Wildman–Crippen LogP) is 3.55. The van der Waals surface area contributed by atoms with Crippen LogP contribution in [0, 0.1) is 5.82 Å². The van der Waals surface area contributed by atoms with Crippen LogP contribution in [0.1, 0.15) is 52.1 Å². The molecule has 1 N–H and O–H groups in total. The SMILES string of the molecule is O=C(O)c1cc(C(=O)N(CCc2ccc(F)cc2)C2CCCC2)ccn1. The monoisotopic (exact) mass is 356 g/mol. The van der Waals surface area contributed by atoms with Crippen LogP contribution < -0.4 is 0 Å². The number of hydrogen-bond donors (Lipinski definition) is 1. The van der Waals surface area contributed by atoms with Crippen molar-refractivity contribution in [1.82, 2.24) is 9.88 Å². The van der Waals surface area contributed by atoms with E-state index in [-0.39, 0.29) is 23.5 Å². The molecule has 1 amide bonds. The highest BCUT2D eigenvalue weighted by Gasteiger charge is 2.27. The average molecular weight is 356 g/mol. The zero-order chi connectivity index (χ0) is 18.5. The zero-order valence-electron chi connectivity index (χ0n) is 14.4. The number of hydrogen-bond acceptors (Lipinski definition) is 3. The average Bonchev–Trinajstić information content (AvgIpc) is 3.18. The van der Waals surface area contributed by atoms with E-state index in [4.69, 9.17) is 5.11 Å². The minimum atomic E-state index is -1.15. The molecule has 3 rings (SSSR count). The van der Waals surface area contributed by atoms with Gasteiger partial charge in [-0.1, -0.05) is 25.0 Å². The summed E-state index contributed by atoms with van der Waals surface area (Å²) < 4.78 is 13.1. The Morgan fingerprint density at radius 3 is 2.50 bits per heavy atom. The Morgan fingerprint density at radius 1 is 1.15 bits per heavy atom. The molecule has 0 unspecified atom stereocenters. The van der Waals surface area contributed by atoms with Gasteiger partial charge in [0.05, 0.1) is 0 Å². The maximum Gasteiger partial charge on any atom is 0.354 e. The number of amides is 1. The minimum absolute atomic E-state index is 0.138. The van der Waals surface area contributed by atoms with E-state index in [1.54, 1.807) is 18.2 Å². The molecule has 0 spiro atoms. The summed E-state index contributed by atoms with van der Waals surface area (Å²) in [5.74, 6) is -1.61. The van der Waals surface area contributed by atoms with Gasteiger partial charge in [-0.05, 0) is 49.1 Å². The van der Waals surface area contributed by atoms with Gasteiger partial charge in [-0.3, -0.25) is 4.79 Å². The van der Waals surface area contributed by atoms with Crippen molar-refractivity contribution in [2.75, 3.05) is 6.54 Å². The summed E-state index contributed by atoms with van der Waals surface area (Å²) in [5.41, 5.74) is 1.16. The van der Waals surface area contributed by atoms with Gasteiger partial charge in [0.1, 0.15) is 11.5 Å². The molecule has 1 aliphatic rings. The Bertz CT molecular complexity index is 786. The summed E-state index contributed by atoms with van der Waals surface area (Å²) in [7, 11) is 0. The number of aromatic nitrogens is 1. The zero-order valence-corrected chi connectivity index (χ0v) is 14.4. The molecule has 0 saturated heterocycles. The summed E-state index contributed by atoms with van der Waals surface area (Å²) in [5, 5.41) is 9.10. The van der Waals surface area contributed by atoms with Crippen LogP contribution in [0.15, 0.2) is 42.6 Å². The van der Waals surface area contributed by atoms with E-state index in [1.165, 1.54) is 24.4 Å². The van der Waals surface area contributed by atoms with Gasteiger partial charge in [-0.25, -0.2) is 14.2 Å². The van der Waals surface area contributed by atoms with E-state index in [1.807, 2.05) is 4.90 Å². The van der Waals surface area contributed by atoms with Gasteiger partial charge < -0.3 is 10.0 Å². The number of pyridine rings is 1. The second-order valence-corrected chi connectivity index (χ2v) is 6.55. The molecule has 0 bridgehead atoms. The van der Waals surface area contributed by atoms with Crippen LogP contribution in [-0.2, 0) is 6.42 Å². The van der Waals surface area contributed by atoms with Gasteiger partial charge in [0.2, 0.25) is 0 Å². The highest BCUT2D eigenvalue weighted by atomic mass is 19.1. The number of rotatable bonds is 6. The largest absolute Gasteiger partial charge is 0.477 e. The molecule has 1 aromatic heterocycles. The van der Waals surface area contributed by atoms with Crippen LogP contribution >= 0.6 is 0 Å². The van der Waals surface area contributed by atoms with Crippen LogP contribution in [0.2, 0.25) is 0 Å². The summed E-state index contributed by atoms with van der Waals surface area (Å²) in [6, 6.07) is 9.31. The lowest BCUT2D eigenvalue weighted by molar-refractivity contribution is 0.0683. The fourth-order valence-corrected chi connectivity index (χ4v) is 3.41. The standard InChI is InChI=1S/C20H21FN2O3/c21-16-7-5-14(6-8-16)10-12-23(17-3-1-2-4-17)19(24)15-9-11-22-18(13-15)20(25)26/h5-9,11,13,17H,1-4,10,12H2,(H,25,26). The Kier molecular flexibility index (Phi) is 5.61. The van der Waals surface area contributed by atoms with Gasteiger partial charge in [-0.2, -0.15) is 0 Å². The van der Waals surface area contributed by atoms with E-state index in [2.05, 4.69) is 4.98 Å². The number of carbonyl (C=O) groups excluding carboxylic acids is 1. The number of carbonyl (C=O) groups is 2. The summed E-state index contributed by atoms with van der Waals surface area (Å²) in [6.07, 6.45) is 6.05. The molecular formula is C20H21FN2O3. The van der Waals surface area contributed by atoms with Crippen molar-refractivity contribution in [2.45, 2.75) is 38.1 Å². The van der Waals surface area contributed by atoms with Crippen molar-refractivity contribution in [3.8, 4) is 0 Å². The van der Waals surface area contributed by atoms with E-state index in [0.717, 1.165) is 31.2 Å². The van der Waals surface area contributed by atoms with Crippen molar-refractivity contribution in [2.24, 2.45) is 0 Å². The summed E-state index contributed by atoms with van der Waals surface area (Å²) in [4.78, 5) is 29.8. The number of nitrogens with zero attached hydrogens (tertiary/aromatic N) is 2. The third-order valence-corrected chi connectivity index (χ3v) is 4.81. The highest BCUT2D eigenvalue weighted by molar-refractivity contribution is 5.96. The normalized spacial score (nSPS) is 14.3. The van der Waals surface area contributed by atoms with Crippen molar-refractivity contribution >= 4 is 11.9 Å². The summed E-state index contributed by atoms with van der Waals surface area (Å²) in [6.45, 7) is 0.514. The lowest BCUT2D eigenvalue weighted by Crippen LogP contribution is -2.40. The topological polar surface area (TPSA) is 70.5 Å². The third kappa shape index (κ3) is 4.25. The predicted molar refractivity (Wildman–Crippen MR) is 94.6 cm³/mol. The molecule has 1 aromatic carbocycles. The smallest absolute Gasteiger partial charge is 0.354 e. The quantitative estimate of drug-likeness (QED) is 0.859. The number of carboxylic acids is 1. The van der Waals surface area contributed by atoms with E-state index < -0.39 is 5.97 Å². The Morgan fingerprint density at radius 2 is 1.85 bits per heavy atom. The van der Waals surface area contributed by atoms with Crippen LogP contribution in [0.3, 0.4) is 0 Å². The number of benzene rings is 1. The van der Waals surface area contributed by atoms with Gasteiger partial charge >= 0.3 is 5.97 Å². The molecule has 0 atom stereocenters. The molecule has 1 fully saturated rings. The Balaban J connectivity index is 1.78. The fraction of sp³-hybridized carbons (Fsp3) is 0.350. The molecule has 1 saturated carbocycles. The van der Waals surface area contributed by atoms with Crippen LogP contribution in [0.25, 0.3) is 0 Å². The number of halogens is 1. The van der Waals surface area contributed by atoms with Crippen LogP contribution in [0.4, 0.5) is 4.39 Å². The molecule has 5 nitrogen and oxygen atoms in total. The van der Waals surface area contributed by atoms with Gasteiger partial charge in [0.15, 0.2) is 0 Å². The van der Waals surface area contributed by atoms with Crippen molar-refractivity contribution < 1.29 is 19.1 Å². The van der Waals surface area contributed by atoms with Gasteiger partial charge in [0.25, 0.3) is 5.91 Å². The van der Waals surface area contributed by atoms with Gasteiger partial charge in [0, 0.05) is 24.3 Å². The molecule has 0 aliphatic heterocycles. The van der Waals surface area contributed by atoms with Crippen molar-refractivity contribution in [1.29, 1.82) is 0 Å². The molecule has 2 aromatic rings. The van der Waals surface area contributed by atoms with Crippen LogP contribution in [0.5, 0.6) is 0 Å². The first-order chi connectivity index (χ1) is 12.5. The molecule has 6 heteroatoms. The first kappa shape index (κ1) is 18.0. The van der Waals surface area contributed by atoms with Crippen LogP contribution in [-0.4, -0.2) is 39.5 Å². The minimum Gasteiger partial charge on any atom is -0.477 e. The summed E-state index contributed by atoms with van der Waals surface area (Å²) >= 11 is 0. The second kappa shape index (κ2) is 8.08. The molecular weight excluding hydrogens is 335 g/mol. The van der Waals surface area contributed by atoms with Gasteiger partial charge in [-0.15, -0.1) is 0 Å². The number of carboxylic acid groups (broad SMARTS) is 1. The second-order valence-electron chi connectivity index (χ2n) is 6.55. The maximum absolute atomic E-state index is 13.1. The molecule has 26 heavy (non-hydrogen) atoms. The Hall–Kier alpha value is -2.76. The lowest BCUT2D eigenvalue weighted by atomic mass is 10.1. The molecule has 0 radical (unpaired) electrons. The third-order valence-electron chi connectivity index (χ3n) is 4.81. The number of aromatic carboxylic acids is 1. The highest BCUT2D eigenvalue weighted by Crippen LogP contribution is 2.25. The van der Waals surface area contributed by atoms with E-state index in [9.17, 15) is 14.0 Å². The molecule has 136 valence electrons. The first-order valence-electron chi connectivity index (χ1n) is 8.79. The maximum atomic E-state index is 13.1. The fourth-order valence-electron chi connectivity index (χ4n) is 3.41. The van der Waals surface area contributed by atoms with Crippen molar-refractivity contribution in [3.05, 3.63) is 65.2 Å². The molecule has 1 heterocycles.